The summed E-state index contributed by atoms with van der Waals surface area (Å²) in [5.74, 6) is 0. The molecule has 0 bridgehead atoms. The van der Waals surface area contributed by atoms with Crippen molar-refractivity contribution in [2.75, 3.05) is 11.9 Å². The van der Waals surface area contributed by atoms with Crippen LogP contribution in [0, 0.1) is 13.8 Å². The molecule has 0 heterocycles. The fraction of sp³-hybridized carbons (Fsp3) is 0.278. The molecule has 0 spiro atoms. The molecule has 0 aliphatic rings. The highest BCUT2D eigenvalue weighted by molar-refractivity contribution is 7.80. The van der Waals surface area contributed by atoms with Gasteiger partial charge in [-0.1, -0.05) is 35.9 Å². The summed E-state index contributed by atoms with van der Waals surface area (Å²) in [5, 5.41) is 7.93. The monoisotopic (exact) mass is 332 g/mol. The van der Waals surface area contributed by atoms with Crippen LogP contribution in [0.4, 0.5) is 5.69 Å². The third kappa shape index (κ3) is 5.00. The second-order valence-corrected chi connectivity index (χ2v) is 6.19. The number of anilines is 1. The molecule has 0 radical (unpaired) electrons. The van der Waals surface area contributed by atoms with E-state index in [1.807, 2.05) is 24.3 Å². The first-order chi connectivity index (χ1) is 10.6. The molecule has 4 heteroatoms. The Kier molecular flexibility index (Phi) is 6.22. The molecule has 0 fully saturated rings. The van der Waals surface area contributed by atoms with Crippen LogP contribution in [0.15, 0.2) is 42.5 Å². The normalized spacial score (nSPS) is 10.3. The largest absolute Gasteiger partial charge is 0.362 e. The fourth-order valence-corrected chi connectivity index (χ4v) is 2.63. The number of halogens is 1. The molecule has 2 nitrogen and oxygen atoms in total. The first-order valence-corrected chi connectivity index (χ1v) is 8.20. The van der Waals surface area contributed by atoms with Crippen LogP contribution in [-0.2, 0) is 6.42 Å². The third-order valence-electron chi connectivity index (χ3n) is 3.63. The second kappa shape index (κ2) is 8.16. The Bertz CT molecular complexity index is 655. The van der Waals surface area contributed by atoms with Gasteiger partial charge in [0.2, 0.25) is 0 Å². The predicted octanol–water partition coefficient (Wildman–Crippen LogP) is 4.88. The van der Waals surface area contributed by atoms with Gasteiger partial charge in [0, 0.05) is 17.3 Å². The lowest BCUT2D eigenvalue weighted by Gasteiger charge is -2.12. The molecule has 2 N–H and O–H groups in total. The highest BCUT2D eigenvalue weighted by Crippen LogP contribution is 2.16. The SMILES string of the molecule is Cc1ccc(NC(=S)NCCCc2ccccc2Cl)cc1C. The van der Waals surface area contributed by atoms with Crippen molar-refractivity contribution < 1.29 is 0 Å². The topological polar surface area (TPSA) is 24.1 Å². The van der Waals surface area contributed by atoms with Crippen LogP contribution in [-0.4, -0.2) is 11.7 Å². The highest BCUT2D eigenvalue weighted by Gasteiger charge is 2.01. The van der Waals surface area contributed by atoms with Crippen LogP contribution in [0.25, 0.3) is 0 Å². The van der Waals surface area contributed by atoms with Crippen molar-refractivity contribution in [3.63, 3.8) is 0 Å². The van der Waals surface area contributed by atoms with E-state index in [2.05, 4.69) is 42.7 Å². The van der Waals surface area contributed by atoms with Gasteiger partial charge in [0.25, 0.3) is 0 Å². The van der Waals surface area contributed by atoms with Gasteiger partial charge in [-0.25, -0.2) is 0 Å². The lowest BCUT2D eigenvalue weighted by atomic mass is 10.1. The maximum atomic E-state index is 6.14. The third-order valence-corrected chi connectivity index (χ3v) is 4.25. The van der Waals surface area contributed by atoms with E-state index in [9.17, 15) is 0 Å². The minimum absolute atomic E-state index is 0.655. The van der Waals surface area contributed by atoms with E-state index in [0.29, 0.717) is 5.11 Å². The molecular formula is C18H21ClN2S. The van der Waals surface area contributed by atoms with E-state index in [1.165, 1.54) is 16.7 Å². The zero-order valence-electron chi connectivity index (χ0n) is 12.9. The maximum absolute atomic E-state index is 6.14. The van der Waals surface area contributed by atoms with Gasteiger partial charge in [-0.15, -0.1) is 0 Å². The Hall–Kier alpha value is -1.58. The van der Waals surface area contributed by atoms with Gasteiger partial charge in [-0.3, -0.25) is 0 Å². The molecule has 0 aliphatic heterocycles. The Labute approximate surface area is 142 Å². The fourth-order valence-electron chi connectivity index (χ4n) is 2.18. The summed E-state index contributed by atoms with van der Waals surface area (Å²) in [5.41, 5.74) is 4.74. The average molecular weight is 333 g/mol. The van der Waals surface area contributed by atoms with Gasteiger partial charge in [0.15, 0.2) is 5.11 Å². The first kappa shape index (κ1) is 16.8. The number of benzene rings is 2. The predicted molar refractivity (Wildman–Crippen MR) is 99.9 cm³/mol. The summed E-state index contributed by atoms with van der Waals surface area (Å²) in [6.45, 7) is 5.02. The molecule has 116 valence electrons. The molecule has 2 rings (SSSR count). The van der Waals surface area contributed by atoms with E-state index in [-0.39, 0.29) is 0 Å². The van der Waals surface area contributed by atoms with Crippen LogP contribution in [0.3, 0.4) is 0 Å². The second-order valence-electron chi connectivity index (χ2n) is 5.37. The van der Waals surface area contributed by atoms with Gasteiger partial charge < -0.3 is 10.6 Å². The first-order valence-electron chi connectivity index (χ1n) is 7.42. The number of aryl methyl sites for hydroxylation is 3. The van der Waals surface area contributed by atoms with Crippen molar-refractivity contribution in [1.82, 2.24) is 5.32 Å². The van der Waals surface area contributed by atoms with E-state index < -0.39 is 0 Å². The molecule has 0 atom stereocenters. The Morgan fingerprint density at radius 2 is 1.86 bits per heavy atom. The molecule has 22 heavy (non-hydrogen) atoms. The van der Waals surface area contributed by atoms with Gasteiger partial charge >= 0.3 is 0 Å². The Morgan fingerprint density at radius 1 is 1.09 bits per heavy atom. The quantitative estimate of drug-likeness (QED) is 0.603. The van der Waals surface area contributed by atoms with E-state index >= 15 is 0 Å². The standard InChI is InChI=1S/C18H21ClN2S/c1-13-9-10-16(12-14(13)2)21-18(22)20-11-5-7-15-6-3-4-8-17(15)19/h3-4,6,8-10,12H,5,7,11H2,1-2H3,(H2,20,21,22). The molecule has 2 aromatic carbocycles. The molecule has 0 saturated heterocycles. The van der Waals surface area contributed by atoms with Crippen molar-refractivity contribution >= 4 is 34.6 Å². The molecule has 0 amide bonds. The van der Waals surface area contributed by atoms with Crippen molar-refractivity contribution in [3.05, 3.63) is 64.2 Å². The number of rotatable bonds is 5. The summed E-state index contributed by atoms with van der Waals surface area (Å²) in [4.78, 5) is 0. The molecule has 0 saturated carbocycles. The summed E-state index contributed by atoms with van der Waals surface area (Å²) in [6, 6.07) is 14.2. The van der Waals surface area contributed by atoms with E-state index in [1.54, 1.807) is 0 Å². The zero-order valence-corrected chi connectivity index (χ0v) is 14.5. The lowest BCUT2D eigenvalue weighted by Crippen LogP contribution is -2.29. The smallest absolute Gasteiger partial charge is 0.170 e. The number of hydrogen-bond donors (Lipinski definition) is 2. The molecule has 0 unspecified atom stereocenters. The van der Waals surface area contributed by atoms with Gasteiger partial charge in [0.05, 0.1) is 0 Å². The minimum atomic E-state index is 0.655. The average Bonchev–Trinajstić information content (AvgIpc) is 2.49. The van der Waals surface area contributed by atoms with Crippen LogP contribution in [0.1, 0.15) is 23.1 Å². The number of hydrogen-bond acceptors (Lipinski definition) is 1. The maximum Gasteiger partial charge on any atom is 0.170 e. The molecule has 0 aromatic heterocycles. The van der Waals surface area contributed by atoms with Crippen LogP contribution < -0.4 is 10.6 Å². The lowest BCUT2D eigenvalue weighted by molar-refractivity contribution is 0.777. The van der Waals surface area contributed by atoms with Crippen molar-refractivity contribution in [2.45, 2.75) is 26.7 Å². The zero-order chi connectivity index (χ0) is 15.9. The van der Waals surface area contributed by atoms with Crippen LogP contribution in [0.5, 0.6) is 0 Å². The number of nitrogens with one attached hydrogen (secondary N) is 2. The van der Waals surface area contributed by atoms with Gasteiger partial charge in [-0.05, 0) is 73.8 Å². The summed E-state index contributed by atoms with van der Waals surface area (Å²) in [6.07, 6.45) is 1.93. The summed E-state index contributed by atoms with van der Waals surface area (Å²) in [7, 11) is 0. The van der Waals surface area contributed by atoms with Crippen LogP contribution in [0.2, 0.25) is 5.02 Å². The molecule has 0 aliphatic carbocycles. The van der Waals surface area contributed by atoms with Gasteiger partial charge in [0.1, 0.15) is 0 Å². The van der Waals surface area contributed by atoms with Crippen molar-refractivity contribution in [2.24, 2.45) is 0 Å². The molecular weight excluding hydrogens is 312 g/mol. The molecule has 2 aromatic rings. The Morgan fingerprint density at radius 3 is 2.59 bits per heavy atom. The van der Waals surface area contributed by atoms with E-state index in [4.69, 9.17) is 23.8 Å². The van der Waals surface area contributed by atoms with Crippen molar-refractivity contribution in [1.29, 1.82) is 0 Å². The van der Waals surface area contributed by atoms with E-state index in [0.717, 1.165) is 30.1 Å². The van der Waals surface area contributed by atoms with Crippen molar-refractivity contribution in [3.8, 4) is 0 Å². The minimum Gasteiger partial charge on any atom is -0.362 e. The number of thiocarbonyl (C=S) groups is 1. The Balaban J connectivity index is 1.74. The van der Waals surface area contributed by atoms with Gasteiger partial charge in [-0.2, -0.15) is 0 Å². The summed E-state index contributed by atoms with van der Waals surface area (Å²) >= 11 is 11.5. The highest BCUT2D eigenvalue weighted by atomic mass is 35.5. The van der Waals surface area contributed by atoms with Crippen LogP contribution >= 0.6 is 23.8 Å². The summed E-state index contributed by atoms with van der Waals surface area (Å²) < 4.78 is 0.